The Balaban J connectivity index is 2.11. The molecule has 0 aromatic heterocycles. The second kappa shape index (κ2) is 7.67. The summed E-state index contributed by atoms with van der Waals surface area (Å²) in [4.78, 5) is 15.9. The number of esters is 1. The molecule has 0 N–H and O–H groups in total. The Morgan fingerprint density at radius 3 is 2.12 bits per heavy atom. The van der Waals surface area contributed by atoms with Gasteiger partial charge in [-0.1, -0.05) is 13.8 Å². The molecule has 4 heteroatoms. The number of carbonyl (C=O) groups is 1. The van der Waals surface area contributed by atoms with Crippen LogP contribution in [0.5, 0.6) is 0 Å². The molecule has 0 atom stereocenters. The second-order valence-electron chi connectivity index (χ2n) is 5.19. The van der Waals surface area contributed by atoms with Gasteiger partial charge < -0.3 is 14.5 Å². The molecule has 17 heavy (non-hydrogen) atoms. The summed E-state index contributed by atoms with van der Waals surface area (Å²) >= 11 is 0. The molecule has 0 saturated carbocycles. The van der Waals surface area contributed by atoms with Crippen LogP contribution in [0.25, 0.3) is 0 Å². The van der Waals surface area contributed by atoms with Gasteiger partial charge in [0.2, 0.25) is 0 Å². The molecule has 0 aromatic rings. The van der Waals surface area contributed by atoms with Gasteiger partial charge in [0.1, 0.15) is 0 Å². The van der Waals surface area contributed by atoms with Gasteiger partial charge >= 0.3 is 5.97 Å². The predicted octanol–water partition coefficient (Wildman–Crippen LogP) is 1.21. The van der Waals surface area contributed by atoms with Gasteiger partial charge in [0.15, 0.2) is 0 Å². The third-order valence-corrected chi connectivity index (χ3v) is 3.35. The minimum absolute atomic E-state index is 0.104. The summed E-state index contributed by atoms with van der Waals surface area (Å²) in [7, 11) is 1.45. The van der Waals surface area contributed by atoms with Gasteiger partial charge in [-0.2, -0.15) is 0 Å². The van der Waals surface area contributed by atoms with Gasteiger partial charge in [-0.15, -0.1) is 0 Å². The van der Waals surface area contributed by atoms with Crippen molar-refractivity contribution in [1.29, 1.82) is 0 Å². The lowest BCUT2D eigenvalue weighted by Crippen LogP contribution is -2.47. The van der Waals surface area contributed by atoms with Crippen molar-refractivity contribution < 1.29 is 9.53 Å². The lowest BCUT2D eigenvalue weighted by molar-refractivity contribution is -0.141. The first-order valence-corrected chi connectivity index (χ1v) is 6.63. The smallest absolute Gasteiger partial charge is 0.306 e. The Morgan fingerprint density at radius 1 is 1.12 bits per heavy atom. The molecule has 1 rings (SSSR count). The molecular weight excluding hydrogens is 216 g/mol. The second-order valence-corrected chi connectivity index (χ2v) is 5.19. The molecule has 1 aliphatic heterocycles. The highest BCUT2D eigenvalue weighted by molar-refractivity contribution is 5.69. The van der Waals surface area contributed by atoms with Crippen LogP contribution in [0, 0.1) is 5.92 Å². The number of ether oxygens (including phenoxy) is 1. The third kappa shape index (κ3) is 6.03. The van der Waals surface area contributed by atoms with Crippen molar-refractivity contribution >= 4 is 5.97 Å². The zero-order chi connectivity index (χ0) is 12.7. The molecule has 0 bridgehead atoms. The molecule has 0 unspecified atom stereocenters. The molecule has 0 amide bonds. The maximum atomic E-state index is 11.0. The number of methoxy groups -OCH3 is 1. The van der Waals surface area contributed by atoms with Crippen LogP contribution in [-0.4, -0.2) is 62.1 Å². The van der Waals surface area contributed by atoms with Crippen molar-refractivity contribution in [1.82, 2.24) is 9.80 Å². The third-order valence-electron chi connectivity index (χ3n) is 3.35. The van der Waals surface area contributed by atoms with Gasteiger partial charge in [0.25, 0.3) is 0 Å². The zero-order valence-electron chi connectivity index (χ0n) is 11.4. The summed E-state index contributed by atoms with van der Waals surface area (Å²) in [5, 5.41) is 0. The Morgan fingerprint density at radius 2 is 1.65 bits per heavy atom. The Bertz CT molecular complexity index is 223. The van der Waals surface area contributed by atoms with Crippen LogP contribution in [-0.2, 0) is 9.53 Å². The van der Waals surface area contributed by atoms with Crippen molar-refractivity contribution in [3.63, 3.8) is 0 Å². The SMILES string of the molecule is COC(=O)CCN1CCN(CCC(C)C)CC1. The van der Waals surface area contributed by atoms with E-state index in [9.17, 15) is 4.79 Å². The van der Waals surface area contributed by atoms with Crippen molar-refractivity contribution in [3.8, 4) is 0 Å². The number of rotatable bonds is 6. The number of nitrogens with zero attached hydrogens (tertiary/aromatic N) is 2. The number of hydrogen-bond donors (Lipinski definition) is 0. The summed E-state index contributed by atoms with van der Waals surface area (Å²) in [6.07, 6.45) is 1.80. The van der Waals surface area contributed by atoms with E-state index in [1.165, 1.54) is 20.1 Å². The topological polar surface area (TPSA) is 32.8 Å². The van der Waals surface area contributed by atoms with Crippen LogP contribution in [0.3, 0.4) is 0 Å². The molecule has 4 nitrogen and oxygen atoms in total. The lowest BCUT2D eigenvalue weighted by atomic mass is 10.1. The average molecular weight is 242 g/mol. The first-order valence-electron chi connectivity index (χ1n) is 6.63. The summed E-state index contributed by atoms with van der Waals surface area (Å²) < 4.78 is 4.65. The minimum Gasteiger partial charge on any atom is -0.469 e. The maximum absolute atomic E-state index is 11.0. The predicted molar refractivity (Wildman–Crippen MR) is 69.0 cm³/mol. The molecule has 0 radical (unpaired) electrons. The lowest BCUT2D eigenvalue weighted by Gasteiger charge is -2.34. The van der Waals surface area contributed by atoms with Crippen LogP contribution in [0.15, 0.2) is 0 Å². The summed E-state index contributed by atoms with van der Waals surface area (Å²) in [6.45, 7) is 11.0. The first-order chi connectivity index (χ1) is 8.11. The molecule has 0 aliphatic carbocycles. The highest BCUT2D eigenvalue weighted by Gasteiger charge is 2.17. The molecule has 0 aromatic carbocycles. The van der Waals surface area contributed by atoms with E-state index in [2.05, 4.69) is 28.4 Å². The van der Waals surface area contributed by atoms with E-state index in [1.54, 1.807) is 0 Å². The Kier molecular flexibility index (Phi) is 6.52. The molecule has 1 fully saturated rings. The van der Waals surface area contributed by atoms with E-state index >= 15 is 0 Å². The summed E-state index contributed by atoms with van der Waals surface area (Å²) in [5.74, 6) is 0.680. The molecule has 1 saturated heterocycles. The fourth-order valence-electron chi connectivity index (χ4n) is 2.03. The van der Waals surface area contributed by atoms with E-state index in [1.807, 2.05) is 0 Å². The van der Waals surface area contributed by atoms with Gasteiger partial charge in [0, 0.05) is 32.7 Å². The van der Waals surface area contributed by atoms with Crippen LogP contribution in [0.1, 0.15) is 26.7 Å². The van der Waals surface area contributed by atoms with Crippen LogP contribution >= 0.6 is 0 Å². The van der Waals surface area contributed by atoms with Crippen LogP contribution in [0.4, 0.5) is 0 Å². The zero-order valence-corrected chi connectivity index (χ0v) is 11.4. The van der Waals surface area contributed by atoms with Crippen molar-refractivity contribution in [2.45, 2.75) is 26.7 Å². The number of piperazine rings is 1. The Labute approximate surface area is 105 Å². The summed E-state index contributed by atoms with van der Waals surface area (Å²) in [6, 6.07) is 0. The first kappa shape index (κ1) is 14.5. The highest BCUT2D eigenvalue weighted by atomic mass is 16.5. The van der Waals surface area contributed by atoms with Gasteiger partial charge in [-0.3, -0.25) is 4.79 Å². The Hall–Kier alpha value is -0.610. The van der Waals surface area contributed by atoms with E-state index < -0.39 is 0 Å². The van der Waals surface area contributed by atoms with E-state index in [0.29, 0.717) is 6.42 Å². The van der Waals surface area contributed by atoms with Crippen LogP contribution < -0.4 is 0 Å². The van der Waals surface area contributed by atoms with E-state index in [4.69, 9.17) is 0 Å². The van der Waals surface area contributed by atoms with Gasteiger partial charge in [-0.25, -0.2) is 0 Å². The van der Waals surface area contributed by atoms with Crippen molar-refractivity contribution in [3.05, 3.63) is 0 Å². The standard InChI is InChI=1S/C13H26N2O2/c1-12(2)4-6-14-8-10-15(11-9-14)7-5-13(16)17-3/h12H,4-11H2,1-3H3. The quantitative estimate of drug-likeness (QED) is 0.656. The molecule has 1 aliphatic rings. The van der Waals surface area contributed by atoms with Gasteiger partial charge in [-0.05, 0) is 18.9 Å². The van der Waals surface area contributed by atoms with Gasteiger partial charge in [0.05, 0.1) is 13.5 Å². The average Bonchev–Trinajstić information content (AvgIpc) is 2.34. The fourth-order valence-corrected chi connectivity index (χ4v) is 2.03. The molecule has 1 heterocycles. The number of hydrogen-bond acceptors (Lipinski definition) is 4. The largest absolute Gasteiger partial charge is 0.469 e. The normalized spacial score (nSPS) is 18.6. The number of carbonyl (C=O) groups excluding carboxylic acids is 1. The molecular formula is C13H26N2O2. The fraction of sp³-hybridized carbons (Fsp3) is 0.923. The molecule has 0 spiro atoms. The molecule has 100 valence electrons. The minimum atomic E-state index is -0.104. The monoisotopic (exact) mass is 242 g/mol. The van der Waals surface area contributed by atoms with Crippen molar-refractivity contribution in [2.75, 3.05) is 46.4 Å². The highest BCUT2D eigenvalue weighted by Crippen LogP contribution is 2.06. The van der Waals surface area contributed by atoms with E-state index in [-0.39, 0.29) is 5.97 Å². The maximum Gasteiger partial charge on any atom is 0.306 e. The van der Waals surface area contributed by atoms with Crippen molar-refractivity contribution in [2.24, 2.45) is 5.92 Å². The van der Waals surface area contributed by atoms with E-state index in [0.717, 1.165) is 38.6 Å². The summed E-state index contributed by atoms with van der Waals surface area (Å²) in [5.41, 5.74) is 0. The van der Waals surface area contributed by atoms with Crippen LogP contribution in [0.2, 0.25) is 0 Å².